The molecule has 3 rings (SSSR count). The third-order valence-corrected chi connectivity index (χ3v) is 5.76. The van der Waals surface area contributed by atoms with Crippen LogP contribution < -0.4 is 15.5 Å². The second-order valence-electron chi connectivity index (χ2n) is 10.0. The Morgan fingerprint density at radius 3 is 2.08 bits per heavy atom. The number of hydrogen-bond donors (Lipinski definition) is 1. The van der Waals surface area contributed by atoms with Crippen molar-refractivity contribution in [2.45, 2.75) is 52.4 Å². The minimum atomic E-state index is -0.819. The first-order chi connectivity index (χ1) is 18.5. The molecule has 0 aliphatic rings. The Bertz CT molecular complexity index is 1360. The zero-order chi connectivity index (χ0) is 28.6. The molecule has 1 N–H and O–H groups in total. The van der Waals surface area contributed by atoms with Crippen molar-refractivity contribution < 1.29 is 28.6 Å². The minimum Gasteiger partial charge on any atom is -0.482 e. The van der Waals surface area contributed by atoms with E-state index < -0.39 is 34.9 Å². The number of ketones is 1. The van der Waals surface area contributed by atoms with E-state index in [0.717, 1.165) is 11.1 Å². The highest BCUT2D eigenvalue weighted by Crippen LogP contribution is 2.25. The lowest BCUT2D eigenvalue weighted by atomic mass is 10.0. The van der Waals surface area contributed by atoms with Crippen LogP contribution in [0.3, 0.4) is 0 Å². The van der Waals surface area contributed by atoms with Crippen molar-refractivity contribution in [1.82, 2.24) is 9.88 Å². The van der Waals surface area contributed by atoms with Gasteiger partial charge in [-0.2, -0.15) is 0 Å². The molecule has 1 aromatic heterocycles. The van der Waals surface area contributed by atoms with Crippen LogP contribution in [0.4, 0.5) is 4.79 Å². The summed E-state index contributed by atoms with van der Waals surface area (Å²) >= 11 is 0. The van der Waals surface area contributed by atoms with E-state index in [9.17, 15) is 19.2 Å². The van der Waals surface area contributed by atoms with Gasteiger partial charge in [0.1, 0.15) is 12.2 Å². The molecule has 1 heterocycles. The van der Waals surface area contributed by atoms with E-state index in [4.69, 9.17) is 14.2 Å². The average molecular weight is 535 g/mol. The summed E-state index contributed by atoms with van der Waals surface area (Å²) in [6, 6.07) is 17.9. The Morgan fingerprint density at radius 1 is 0.949 bits per heavy atom. The lowest BCUT2D eigenvalue weighted by Crippen LogP contribution is -2.38. The van der Waals surface area contributed by atoms with Gasteiger partial charge in [0.05, 0.1) is 18.7 Å². The first-order valence-corrected chi connectivity index (χ1v) is 12.6. The van der Waals surface area contributed by atoms with Crippen molar-refractivity contribution in [2.24, 2.45) is 0 Å². The number of hydrogen-bond acceptors (Lipinski definition) is 7. The molecule has 0 saturated carbocycles. The van der Waals surface area contributed by atoms with Crippen LogP contribution in [-0.2, 0) is 22.5 Å². The normalized spacial score (nSPS) is 11.8. The molecule has 39 heavy (non-hydrogen) atoms. The van der Waals surface area contributed by atoms with Gasteiger partial charge in [-0.3, -0.25) is 9.59 Å². The molecule has 2 aromatic carbocycles. The predicted octanol–water partition coefficient (Wildman–Crippen LogP) is 4.73. The molecule has 1 atom stereocenters. The van der Waals surface area contributed by atoms with E-state index in [-0.39, 0.29) is 30.2 Å². The molecule has 9 heteroatoms. The molecule has 9 nitrogen and oxygen atoms in total. The minimum absolute atomic E-state index is 0.0130. The van der Waals surface area contributed by atoms with Crippen LogP contribution in [0.1, 0.15) is 65.7 Å². The summed E-state index contributed by atoms with van der Waals surface area (Å²) < 4.78 is 17.8. The Kier molecular flexibility index (Phi) is 9.65. The van der Waals surface area contributed by atoms with Crippen molar-refractivity contribution in [3.63, 3.8) is 0 Å². The number of Topliss-reactive ketones (excluding diaryl/α,β-unsaturated/α-hetero) is 1. The van der Waals surface area contributed by atoms with Crippen LogP contribution in [-0.4, -0.2) is 41.7 Å². The number of carbonyl (C=O) groups excluding carboxylic acids is 3. The lowest BCUT2D eigenvalue weighted by molar-refractivity contribution is 0.0519. The maximum atomic E-state index is 13.4. The number of methoxy groups -OCH3 is 1. The van der Waals surface area contributed by atoms with Gasteiger partial charge in [0.15, 0.2) is 17.2 Å². The highest BCUT2D eigenvalue weighted by molar-refractivity contribution is 5.96. The summed E-state index contributed by atoms with van der Waals surface area (Å²) in [6.45, 7) is 6.53. The number of amides is 1. The second-order valence-corrected chi connectivity index (χ2v) is 10.0. The molecular weight excluding hydrogens is 500 g/mol. The molecule has 0 spiro atoms. The van der Waals surface area contributed by atoms with Gasteiger partial charge in [-0.25, -0.2) is 9.59 Å². The summed E-state index contributed by atoms with van der Waals surface area (Å²) in [5.41, 5.74) is -0.0718. The number of pyridine rings is 1. The monoisotopic (exact) mass is 534 g/mol. The van der Waals surface area contributed by atoms with Gasteiger partial charge in [-0.1, -0.05) is 60.7 Å². The van der Waals surface area contributed by atoms with Gasteiger partial charge in [0.25, 0.3) is 0 Å². The Hall–Kier alpha value is -4.40. The van der Waals surface area contributed by atoms with Crippen molar-refractivity contribution in [2.75, 3.05) is 13.7 Å². The third-order valence-electron chi connectivity index (χ3n) is 5.76. The maximum absolute atomic E-state index is 13.4. The van der Waals surface area contributed by atoms with E-state index in [2.05, 4.69) is 5.32 Å². The molecule has 0 bridgehead atoms. The van der Waals surface area contributed by atoms with Gasteiger partial charge < -0.3 is 24.1 Å². The van der Waals surface area contributed by atoms with Crippen LogP contribution in [0, 0.1) is 0 Å². The van der Waals surface area contributed by atoms with Crippen molar-refractivity contribution in [1.29, 1.82) is 0 Å². The first kappa shape index (κ1) is 29.2. The number of benzene rings is 2. The predicted molar refractivity (Wildman–Crippen MR) is 146 cm³/mol. The number of rotatable bonds is 10. The number of esters is 1. The van der Waals surface area contributed by atoms with E-state index >= 15 is 0 Å². The number of aromatic nitrogens is 1. The van der Waals surface area contributed by atoms with E-state index in [1.54, 1.807) is 20.8 Å². The zero-order valence-electron chi connectivity index (χ0n) is 22.9. The summed E-state index contributed by atoms with van der Waals surface area (Å²) in [7, 11) is 1.20. The fourth-order valence-electron chi connectivity index (χ4n) is 3.98. The van der Waals surface area contributed by atoms with E-state index in [1.165, 1.54) is 24.8 Å². The molecule has 3 aromatic rings. The molecule has 0 fully saturated rings. The second kappa shape index (κ2) is 12.9. The van der Waals surface area contributed by atoms with Crippen LogP contribution in [0.5, 0.6) is 5.75 Å². The quantitative estimate of drug-likeness (QED) is 0.296. The van der Waals surface area contributed by atoms with Crippen molar-refractivity contribution in [3.8, 4) is 5.75 Å². The Balaban J connectivity index is 2.14. The lowest BCUT2D eigenvalue weighted by Gasteiger charge is -2.27. The molecule has 206 valence electrons. The van der Waals surface area contributed by atoms with Gasteiger partial charge in [0.2, 0.25) is 5.43 Å². The largest absolute Gasteiger partial charge is 0.482 e. The van der Waals surface area contributed by atoms with Gasteiger partial charge >= 0.3 is 12.1 Å². The van der Waals surface area contributed by atoms with Crippen LogP contribution >= 0.6 is 0 Å². The number of alkyl carbamates (subject to hydrolysis) is 1. The SMILES string of the molecule is COC(=O)c1c(OCc2ccccc2)c(=O)c(C(C)=O)cn1C(CNC(=O)OC(C)(C)C)Cc1ccccc1. The highest BCUT2D eigenvalue weighted by atomic mass is 16.6. The molecule has 0 aliphatic carbocycles. The Morgan fingerprint density at radius 2 is 1.54 bits per heavy atom. The van der Waals surface area contributed by atoms with Crippen LogP contribution in [0.2, 0.25) is 0 Å². The zero-order valence-corrected chi connectivity index (χ0v) is 22.9. The van der Waals surface area contributed by atoms with E-state index in [1.807, 2.05) is 60.7 Å². The number of ether oxygens (including phenoxy) is 3. The first-order valence-electron chi connectivity index (χ1n) is 12.6. The molecule has 0 radical (unpaired) electrons. The fourth-order valence-corrected chi connectivity index (χ4v) is 3.98. The van der Waals surface area contributed by atoms with Crippen molar-refractivity contribution in [3.05, 3.63) is 99.5 Å². The number of nitrogens with zero attached hydrogens (tertiary/aromatic N) is 1. The summed E-state index contributed by atoms with van der Waals surface area (Å²) in [4.78, 5) is 51.5. The topological polar surface area (TPSA) is 113 Å². The number of carbonyl (C=O) groups is 3. The summed E-state index contributed by atoms with van der Waals surface area (Å²) in [5.74, 6) is -1.61. The fraction of sp³-hybridized carbons (Fsp3) is 0.333. The smallest absolute Gasteiger partial charge is 0.407 e. The standard InChI is InChI=1S/C30H34N2O7/c1-20(33)24-18-32(23(16-21-12-8-6-9-13-21)17-31-29(36)39-30(2,3)4)25(28(35)37-5)27(26(24)34)38-19-22-14-10-7-11-15-22/h6-15,18,23H,16-17,19H2,1-5H3,(H,31,36). The maximum Gasteiger partial charge on any atom is 0.407 e. The van der Waals surface area contributed by atoms with Gasteiger partial charge in [-0.15, -0.1) is 0 Å². The van der Waals surface area contributed by atoms with Gasteiger partial charge in [0, 0.05) is 12.7 Å². The average Bonchev–Trinajstić information content (AvgIpc) is 2.89. The van der Waals surface area contributed by atoms with Crippen LogP contribution in [0.25, 0.3) is 0 Å². The number of nitrogens with one attached hydrogen (secondary N) is 1. The summed E-state index contributed by atoms with van der Waals surface area (Å²) in [5, 5.41) is 2.74. The third kappa shape index (κ3) is 8.04. The van der Waals surface area contributed by atoms with Crippen LogP contribution in [0.15, 0.2) is 71.7 Å². The van der Waals surface area contributed by atoms with Gasteiger partial charge in [-0.05, 0) is 45.2 Å². The molecule has 1 unspecified atom stereocenters. The molecule has 0 aliphatic heterocycles. The Labute approximate surface area is 227 Å². The highest BCUT2D eigenvalue weighted by Gasteiger charge is 2.29. The van der Waals surface area contributed by atoms with E-state index in [0.29, 0.717) is 6.42 Å². The molecule has 1 amide bonds. The molecular formula is C30H34N2O7. The van der Waals surface area contributed by atoms with Crippen molar-refractivity contribution >= 4 is 17.8 Å². The summed E-state index contributed by atoms with van der Waals surface area (Å²) in [6.07, 6.45) is 1.03. The molecule has 0 saturated heterocycles.